The summed E-state index contributed by atoms with van der Waals surface area (Å²) in [7, 11) is 4.15. The first-order valence-corrected chi connectivity index (χ1v) is 6.15. The first-order valence-electron chi connectivity index (χ1n) is 6.15. The first-order chi connectivity index (χ1) is 7.93. The van der Waals surface area contributed by atoms with Crippen molar-refractivity contribution in [2.75, 3.05) is 14.1 Å². The van der Waals surface area contributed by atoms with Crippen LogP contribution in [0.15, 0.2) is 24.3 Å². The third-order valence-electron chi connectivity index (χ3n) is 3.72. The lowest BCUT2D eigenvalue weighted by Crippen LogP contribution is -2.51. The van der Waals surface area contributed by atoms with Crippen LogP contribution in [-0.4, -0.2) is 24.5 Å². The van der Waals surface area contributed by atoms with Gasteiger partial charge < -0.3 is 4.90 Å². The fourth-order valence-electron chi connectivity index (χ4n) is 1.96. The van der Waals surface area contributed by atoms with Crippen LogP contribution in [0, 0.1) is 0 Å². The third kappa shape index (κ3) is 3.06. The average Bonchev–Trinajstić information content (AvgIpc) is 2.29. The minimum absolute atomic E-state index is 0.0406. The Kier molecular flexibility index (Phi) is 4.69. The number of nitrogens with two attached hydrogens (primary N) is 1. The molecule has 0 aromatic heterocycles. The fourth-order valence-corrected chi connectivity index (χ4v) is 1.96. The molecule has 0 bridgehead atoms. The van der Waals surface area contributed by atoms with Crippen LogP contribution >= 0.6 is 0 Å². The first kappa shape index (κ1) is 14.2. The molecule has 0 saturated heterocycles. The molecule has 0 aliphatic carbocycles. The highest BCUT2D eigenvalue weighted by Gasteiger charge is 2.32. The van der Waals surface area contributed by atoms with Crippen molar-refractivity contribution in [2.45, 2.75) is 38.8 Å². The van der Waals surface area contributed by atoms with Crippen molar-refractivity contribution >= 4 is 0 Å². The Hall–Kier alpha value is -0.900. The van der Waals surface area contributed by atoms with E-state index in [9.17, 15) is 0 Å². The number of aryl methyl sites for hydroxylation is 1. The minimum atomic E-state index is -0.0406. The van der Waals surface area contributed by atoms with Crippen molar-refractivity contribution in [3.8, 4) is 0 Å². The lowest BCUT2D eigenvalue weighted by atomic mass is 9.87. The Labute approximate surface area is 105 Å². The minimum Gasteiger partial charge on any atom is -0.302 e. The van der Waals surface area contributed by atoms with Gasteiger partial charge in [0.15, 0.2) is 0 Å². The summed E-state index contributed by atoms with van der Waals surface area (Å²) in [5.41, 5.74) is 5.50. The van der Waals surface area contributed by atoms with Crippen LogP contribution in [0.2, 0.25) is 0 Å². The van der Waals surface area contributed by atoms with E-state index in [1.54, 1.807) is 0 Å². The Morgan fingerprint density at radius 2 is 2.00 bits per heavy atom. The zero-order valence-electron chi connectivity index (χ0n) is 11.6. The topological polar surface area (TPSA) is 41.3 Å². The molecule has 17 heavy (non-hydrogen) atoms. The maximum absolute atomic E-state index is 5.74. The van der Waals surface area contributed by atoms with Crippen LogP contribution < -0.4 is 11.3 Å². The second kappa shape index (κ2) is 5.63. The molecule has 1 unspecified atom stereocenters. The van der Waals surface area contributed by atoms with Crippen LogP contribution in [0.5, 0.6) is 0 Å². The summed E-state index contributed by atoms with van der Waals surface area (Å²) in [6.07, 6.45) is 1.05. The van der Waals surface area contributed by atoms with E-state index < -0.39 is 0 Å². The molecule has 0 amide bonds. The number of nitrogens with zero attached hydrogens (tertiary/aromatic N) is 1. The van der Waals surface area contributed by atoms with Gasteiger partial charge in [-0.15, -0.1) is 0 Å². The molecule has 1 rings (SSSR count). The summed E-state index contributed by atoms with van der Waals surface area (Å²) >= 11 is 0. The van der Waals surface area contributed by atoms with Crippen molar-refractivity contribution < 1.29 is 0 Å². The summed E-state index contributed by atoms with van der Waals surface area (Å²) in [6.45, 7) is 6.55. The molecule has 1 atom stereocenters. The van der Waals surface area contributed by atoms with Gasteiger partial charge in [-0.05, 0) is 45.5 Å². The summed E-state index contributed by atoms with van der Waals surface area (Å²) < 4.78 is 0. The molecular formula is C14H25N3. The molecule has 3 nitrogen and oxygen atoms in total. The van der Waals surface area contributed by atoms with E-state index in [0.29, 0.717) is 0 Å². The van der Waals surface area contributed by atoms with E-state index in [2.05, 4.69) is 69.5 Å². The zero-order chi connectivity index (χ0) is 13.1. The Morgan fingerprint density at radius 1 is 1.35 bits per heavy atom. The van der Waals surface area contributed by atoms with Gasteiger partial charge in [0.2, 0.25) is 0 Å². The quantitative estimate of drug-likeness (QED) is 0.606. The maximum Gasteiger partial charge on any atom is 0.0638 e. The van der Waals surface area contributed by atoms with Crippen LogP contribution in [0.25, 0.3) is 0 Å². The van der Waals surface area contributed by atoms with Gasteiger partial charge in [-0.3, -0.25) is 11.3 Å². The molecule has 1 aromatic carbocycles. The highest BCUT2D eigenvalue weighted by Crippen LogP contribution is 2.29. The normalized spacial score (nSPS) is 14.1. The van der Waals surface area contributed by atoms with Gasteiger partial charge in [-0.25, -0.2) is 0 Å². The van der Waals surface area contributed by atoms with Crippen molar-refractivity contribution in [3.05, 3.63) is 35.4 Å². The van der Waals surface area contributed by atoms with Gasteiger partial charge in [-0.1, -0.05) is 31.2 Å². The highest BCUT2D eigenvalue weighted by molar-refractivity contribution is 5.28. The van der Waals surface area contributed by atoms with Gasteiger partial charge in [0.1, 0.15) is 0 Å². The number of nitrogens with one attached hydrogen (secondary N) is 1. The monoisotopic (exact) mass is 235 g/mol. The zero-order valence-corrected chi connectivity index (χ0v) is 11.6. The molecule has 1 aromatic rings. The predicted octanol–water partition coefficient (Wildman–Crippen LogP) is 2.09. The van der Waals surface area contributed by atoms with Crippen molar-refractivity contribution in [1.29, 1.82) is 0 Å². The maximum atomic E-state index is 5.74. The Morgan fingerprint density at radius 3 is 2.47 bits per heavy atom. The molecule has 3 heteroatoms. The third-order valence-corrected chi connectivity index (χ3v) is 3.72. The van der Waals surface area contributed by atoms with Gasteiger partial charge in [0, 0.05) is 5.54 Å². The standard InChI is InChI=1S/C14H25N3/c1-6-11-8-7-9-12(10-11)13(16-15)14(2,3)17(4)5/h7-10,13,16H,6,15H2,1-5H3. The lowest BCUT2D eigenvalue weighted by molar-refractivity contribution is 0.138. The molecule has 0 heterocycles. The van der Waals surface area contributed by atoms with Crippen LogP contribution in [-0.2, 0) is 6.42 Å². The van der Waals surface area contributed by atoms with E-state index in [1.165, 1.54) is 11.1 Å². The van der Waals surface area contributed by atoms with Crippen LogP contribution in [0.3, 0.4) is 0 Å². The number of rotatable bonds is 5. The molecule has 0 aliphatic rings. The van der Waals surface area contributed by atoms with E-state index in [0.717, 1.165) is 6.42 Å². The molecule has 0 aliphatic heterocycles. The van der Waals surface area contributed by atoms with Crippen molar-refractivity contribution in [1.82, 2.24) is 10.3 Å². The summed E-state index contributed by atoms with van der Waals surface area (Å²) in [6, 6.07) is 8.73. The highest BCUT2D eigenvalue weighted by atomic mass is 15.3. The summed E-state index contributed by atoms with van der Waals surface area (Å²) in [4.78, 5) is 2.19. The SMILES string of the molecule is CCc1cccc(C(NN)C(C)(C)N(C)C)c1. The van der Waals surface area contributed by atoms with E-state index >= 15 is 0 Å². The van der Waals surface area contributed by atoms with Crippen LogP contribution in [0.4, 0.5) is 0 Å². The average molecular weight is 235 g/mol. The summed E-state index contributed by atoms with van der Waals surface area (Å²) in [5.74, 6) is 5.74. The Bertz CT molecular complexity index is 358. The van der Waals surface area contributed by atoms with Crippen LogP contribution in [0.1, 0.15) is 37.9 Å². The molecule has 3 N–H and O–H groups in total. The van der Waals surface area contributed by atoms with E-state index in [-0.39, 0.29) is 11.6 Å². The smallest absolute Gasteiger partial charge is 0.0638 e. The van der Waals surface area contributed by atoms with Crippen molar-refractivity contribution in [3.63, 3.8) is 0 Å². The Balaban J connectivity index is 3.09. The number of benzene rings is 1. The molecule has 96 valence electrons. The fraction of sp³-hybridized carbons (Fsp3) is 0.571. The van der Waals surface area contributed by atoms with Gasteiger partial charge in [-0.2, -0.15) is 0 Å². The summed E-state index contributed by atoms with van der Waals surface area (Å²) in [5, 5.41) is 0. The molecule has 0 radical (unpaired) electrons. The van der Waals surface area contributed by atoms with Crippen molar-refractivity contribution in [2.24, 2.45) is 5.84 Å². The van der Waals surface area contributed by atoms with Gasteiger partial charge in [0.25, 0.3) is 0 Å². The number of likely N-dealkylation sites (N-methyl/N-ethyl adjacent to an activating group) is 1. The van der Waals surface area contributed by atoms with Gasteiger partial charge >= 0.3 is 0 Å². The largest absolute Gasteiger partial charge is 0.302 e. The number of hydrogen-bond donors (Lipinski definition) is 2. The molecule has 0 fully saturated rings. The second-order valence-corrected chi connectivity index (χ2v) is 5.25. The van der Waals surface area contributed by atoms with E-state index in [4.69, 9.17) is 5.84 Å². The number of hydrazine groups is 1. The lowest BCUT2D eigenvalue weighted by Gasteiger charge is -2.40. The van der Waals surface area contributed by atoms with Gasteiger partial charge in [0.05, 0.1) is 6.04 Å². The second-order valence-electron chi connectivity index (χ2n) is 5.25. The molecule has 0 spiro atoms. The van der Waals surface area contributed by atoms with E-state index in [1.807, 2.05) is 0 Å². The predicted molar refractivity (Wildman–Crippen MR) is 73.7 cm³/mol. The number of hydrogen-bond acceptors (Lipinski definition) is 3. The molecular weight excluding hydrogens is 210 g/mol. The molecule has 0 saturated carbocycles.